The van der Waals surface area contributed by atoms with Crippen LogP contribution in [0.1, 0.15) is 22.8 Å². The number of nitrogens with one attached hydrogen (secondary N) is 2. The van der Waals surface area contributed by atoms with Crippen LogP contribution in [0.2, 0.25) is 0 Å². The molecule has 1 aromatic carbocycles. The number of aromatic nitrogens is 1. The molecule has 0 saturated heterocycles. The lowest BCUT2D eigenvalue weighted by atomic mass is 10.1. The lowest BCUT2D eigenvalue weighted by molar-refractivity contribution is -0.122. The van der Waals surface area contributed by atoms with Gasteiger partial charge in [0.25, 0.3) is 11.8 Å². The van der Waals surface area contributed by atoms with Gasteiger partial charge in [-0.2, -0.15) is 0 Å². The molecule has 2 N–H and O–H groups in total. The second-order valence-electron chi connectivity index (χ2n) is 5.36. The Morgan fingerprint density at radius 1 is 1.28 bits per heavy atom. The molecule has 0 fully saturated rings. The molecule has 2 heterocycles. The van der Waals surface area contributed by atoms with Gasteiger partial charge >= 0.3 is 0 Å². The van der Waals surface area contributed by atoms with Gasteiger partial charge in [-0.25, -0.2) is 18.2 Å². The zero-order valence-electron chi connectivity index (χ0n) is 12.9. The third-order valence-electron chi connectivity index (χ3n) is 3.56. The molecule has 3 rings (SSSR count). The maximum Gasteiger partial charge on any atom is 0.265 e. The summed E-state index contributed by atoms with van der Waals surface area (Å²) in [6, 6.07) is 2.39. The first kappa shape index (κ1) is 16.7. The van der Waals surface area contributed by atoms with E-state index in [0.717, 1.165) is 0 Å². The van der Waals surface area contributed by atoms with Gasteiger partial charge < -0.3 is 15.4 Å². The predicted molar refractivity (Wildman–Crippen MR) is 80.4 cm³/mol. The van der Waals surface area contributed by atoms with Gasteiger partial charge in [0.05, 0.1) is 5.56 Å². The summed E-state index contributed by atoms with van der Waals surface area (Å²) < 4.78 is 45.3. The number of hydrogen-bond donors (Lipinski definition) is 2. The molecule has 1 atom stereocenters. The molecule has 1 aromatic heterocycles. The van der Waals surface area contributed by atoms with Crippen molar-refractivity contribution in [1.29, 1.82) is 0 Å². The van der Waals surface area contributed by atoms with Crippen molar-refractivity contribution in [2.45, 2.75) is 19.6 Å². The number of nitrogens with zero attached hydrogens (tertiary/aromatic N) is 1. The van der Waals surface area contributed by atoms with E-state index in [-0.39, 0.29) is 23.0 Å². The van der Waals surface area contributed by atoms with E-state index in [1.54, 1.807) is 6.92 Å². The van der Waals surface area contributed by atoms with Crippen LogP contribution < -0.4 is 15.4 Å². The number of carbonyl (C=O) groups is 2. The molecule has 2 aromatic rings. The highest BCUT2D eigenvalue weighted by Gasteiger charge is 2.25. The third kappa shape index (κ3) is 3.39. The second-order valence-corrected chi connectivity index (χ2v) is 5.36. The molecule has 0 radical (unpaired) electrons. The molecule has 0 bridgehead atoms. The van der Waals surface area contributed by atoms with E-state index in [4.69, 9.17) is 4.74 Å². The molecule has 6 nitrogen and oxygen atoms in total. The predicted octanol–water partition coefficient (Wildman–Crippen LogP) is 2.15. The molecular weight excluding hydrogens is 339 g/mol. The Bertz CT molecular complexity index is 850. The lowest BCUT2D eigenvalue weighted by Gasteiger charge is -2.22. The molecule has 0 saturated carbocycles. The van der Waals surface area contributed by atoms with Crippen LogP contribution in [0, 0.1) is 17.5 Å². The van der Waals surface area contributed by atoms with Gasteiger partial charge in [0, 0.05) is 30.4 Å². The number of halogens is 3. The first-order chi connectivity index (χ1) is 11.8. The van der Waals surface area contributed by atoms with Crippen molar-refractivity contribution in [2.24, 2.45) is 0 Å². The number of carbonyl (C=O) groups excluding carboxylic acids is 2. The summed E-state index contributed by atoms with van der Waals surface area (Å²) in [4.78, 5) is 27.6. The number of benzene rings is 1. The Hall–Kier alpha value is -3.10. The van der Waals surface area contributed by atoms with Crippen LogP contribution in [0.5, 0.6) is 5.88 Å². The molecule has 1 aliphatic heterocycles. The highest BCUT2D eigenvalue weighted by molar-refractivity contribution is 6.00. The van der Waals surface area contributed by atoms with Crippen LogP contribution >= 0.6 is 0 Å². The number of fused-ring (bicyclic) bond motifs is 1. The number of rotatable bonds is 3. The van der Waals surface area contributed by atoms with Crippen LogP contribution in [-0.4, -0.2) is 22.9 Å². The summed E-state index contributed by atoms with van der Waals surface area (Å²) >= 11 is 0. The Kier molecular flexibility index (Phi) is 4.30. The molecule has 130 valence electrons. The molecule has 1 unspecified atom stereocenters. The topological polar surface area (TPSA) is 80.3 Å². The number of anilines is 1. The van der Waals surface area contributed by atoms with E-state index in [0.29, 0.717) is 12.1 Å². The molecule has 2 amide bonds. The van der Waals surface area contributed by atoms with Crippen molar-refractivity contribution in [2.75, 3.05) is 5.32 Å². The monoisotopic (exact) mass is 351 g/mol. The van der Waals surface area contributed by atoms with Gasteiger partial charge in [0.15, 0.2) is 6.10 Å². The standard InChI is InChI=1S/C16H12F3N3O3/c1-7-14(23)22-13-2-8(5-21-16(13)25-7)15(24)20-6-10-11(18)3-9(17)4-12(10)19/h2-5,7H,6H2,1H3,(H,20,24)(H,22,23). The SMILES string of the molecule is CC1Oc2ncc(C(=O)NCc3c(F)cc(F)cc3F)cc2NC1=O. The summed E-state index contributed by atoms with van der Waals surface area (Å²) in [6.45, 7) is 1.07. The Labute approximate surface area is 140 Å². The van der Waals surface area contributed by atoms with E-state index in [1.165, 1.54) is 12.3 Å². The summed E-state index contributed by atoms with van der Waals surface area (Å²) in [5, 5.41) is 4.84. The zero-order valence-corrected chi connectivity index (χ0v) is 12.9. The Morgan fingerprint density at radius 2 is 1.96 bits per heavy atom. The van der Waals surface area contributed by atoms with Crippen LogP contribution in [0.15, 0.2) is 24.4 Å². The fraction of sp³-hybridized carbons (Fsp3) is 0.188. The molecule has 9 heteroatoms. The van der Waals surface area contributed by atoms with Crippen molar-refractivity contribution >= 4 is 17.5 Å². The van der Waals surface area contributed by atoms with E-state index in [9.17, 15) is 22.8 Å². The Balaban J connectivity index is 1.75. The van der Waals surface area contributed by atoms with Crippen LogP contribution in [0.25, 0.3) is 0 Å². The summed E-state index contributed by atoms with van der Waals surface area (Å²) in [6.07, 6.45) is 0.500. The maximum absolute atomic E-state index is 13.6. The maximum atomic E-state index is 13.6. The molecular formula is C16H12F3N3O3. The fourth-order valence-corrected chi connectivity index (χ4v) is 2.23. The highest BCUT2D eigenvalue weighted by Crippen LogP contribution is 2.27. The van der Waals surface area contributed by atoms with Crippen molar-refractivity contribution in [3.05, 3.63) is 53.0 Å². The van der Waals surface area contributed by atoms with Crippen molar-refractivity contribution in [1.82, 2.24) is 10.3 Å². The van der Waals surface area contributed by atoms with E-state index in [1.807, 2.05) is 0 Å². The van der Waals surface area contributed by atoms with E-state index < -0.39 is 41.6 Å². The van der Waals surface area contributed by atoms with Crippen LogP contribution in [0.3, 0.4) is 0 Å². The third-order valence-corrected chi connectivity index (χ3v) is 3.56. The minimum absolute atomic E-state index is 0.0557. The molecule has 0 spiro atoms. The van der Waals surface area contributed by atoms with E-state index in [2.05, 4.69) is 15.6 Å². The van der Waals surface area contributed by atoms with Crippen LogP contribution in [-0.2, 0) is 11.3 Å². The van der Waals surface area contributed by atoms with Gasteiger partial charge in [-0.15, -0.1) is 0 Å². The van der Waals surface area contributed by atoms with Crippen molar-refractivity contribution in [3.8, 4) is 5.88 Å². The fourth-order valence-electron chi connectivity index (χ4n) is 2.23. The van der Waals surface area contributed by atoms with Crippen molar-refractivity contribution in [3.63, 3.8) is 0 Å². The van der Waals surface area contributed by atoms with Crippen LogP contribution in [0.4, 0.5) is 18.9 Å². The smallest absolute Gasteiger partial charge is 0.265 e. The summed E-state index contributed by atoms with van der Waals surface area (Å²) in [5.41, 5.74) is -0.193. The number of hydrogen-bond acceptors (Lipinski definition) is 4. The largest absolute Gasteiger partial charge is 0.463 e. The zero-order chi connectivity index (χ0) is 18.1. The molecule has 25 heavy (non-hydrogen) atoms. The van der Waals surface area contributed by atoms with E-state index >= 15 is 0 Å². The molecule has 0 aliphatic carbocycles. The summed E-state index contributed by atoms with van der Waals surface area (Å²) in [5.74, 6) is -4.14. The lowest BCUT2D eigenvalue weighted by Crippen LogP contribution is -2.35. The van der Waals surface area contributed by atoms with Gasteiger partial charge in [0.1, 0.15) is 23.1 Å². The summed E-state index contributed by atoms with van der Waals surface area (Å²) in [7, 11) is 0. The van der Waals surface area contributed by atoms with Gasteiger partial charge in [0.2, 0.25) is 5.88 Å². The number of ether oxygens (including phenoxy) is 1. The normalized spacial score (nSPS) is 15.8. The van der Waals surface area contributed by atoms with Crippen molar-refractivity contribution < 1.29 is 27.5 Å². The first-order valence-electron chi connectivity index (χ1n) is 7.24. The minimum Gasteiger partial charge on any atom is -0.463 e. The minimum atomic E-state index is -1.10. The van der Waals surface area contributed by atoms with Gasteiger partial charge in [-0.05, 0) is 13.0 Å². The first-order valence-corrected chi connectivity index (χ1v) is 7.24. The average Bonchev–Trinajstić information content (AvgIpc) is 2.54. The quantitative estimate of drug-likeness (QED) is 0.888. The Morgan fingerprint density at radius 3 is 2.64 bits per heavy atom. The number of amides is 2. The van der Waals surface area contributed by atoms with Gasteiger partial charge in [-0.1, -0.05) is 0 Å². The average molecular weight is 351 g/mol. The number of pyridine rings is 1. The second kappa shape index (κ2) is 6.42. The van der Waals surface area contributed by atoms with Gasteiger partial charge in [-0.3, -0.25) is 9.59 Å². The highest BCUT2D eigenvalue weighted by atomic mass is 19.1. The molecule has 1 aliphatic rings.